The Labute approximate surface area is 169 Å². The Kier molecular flexibility index (Phi) is 6.47. The largest absolute Gasteiger partial charge is 0.460 e. The van der Waals surface area contributed by atoms with Gasteiger partial charge in [-0.1, -0.05) is 54.6 Å². The molecular formula is C23H23N3O3. The summed E-state index contributed by atoms with van der Waals surface area (Å²) in [6.07, 6.45) is 0.497. The summed E-state index contributed by atoms with van der Waals surface area (Å²) in [6, 6.07) is 22.8. The van der Waals surface area contributed by atoms with E-state index in [1.54, 1.807) is 48.5 Å². The highest BCUT2D eigenvalue weighted by molar-refractivity contribution is 5.99. The van der Waals surface area contributed by atoms with Crippen molar-refractivity contribution in [3.63, 3.8) is 0 Å². The van der Waals surface area contributed by atoms with Gasteiger partial charge in [-0.15, -0.1) is 0 Å². The number of rotatable bonds is 7. The van der Waals surface area contributed by atoms with E-state index in [2.05, 4.69) is 5.32 Å². The molecule has 0 saturated heterocycles. The lowest BCUT2D eigenvalue weighted by Gasteiger charge is -2.20. The molecular weight excluding hydrogens is 366 g/mol. The SMILES string of the molecule is Nc1ccccc1C(=O)N[C@H](COC(=O)c1ccccc1N)Cc1ccccc1. The van der Waals surface area contributed by atoms with Crippen LogP contribution in [-0.2, 0) is 11.2 Å². The molecule has 6 heteroatoms. The maximum atomic E-state index is 12.7. The Morgan fingerprint density at radius 1 is 0.793 bits per heavy atom. The van der Waals surface area contributed by atoms with Gasteiger partial charge in [-0.3, -0.25) is 4.79 Å². The molecule has 0 unspecified atom stereocenters. The molecule has 0 bridgehead atoms. The van der Waals surface area contributed by atoms with Gasteiger partial charge in [0.25, 0.3) is 5.91 Å². The zero-order valence-electron chi connectivity index (χ0n) is 15.9. The van der Waals surface area contributed by atoms with Crippen LogP contribution >= 0.6 is 0 Å². The number of hydrogen-bond acceptors (Lipinski definition) is 5. The van der Waals surface area contributed by atoms with Crippen LogP contribution in [0.5, 0.6) is 0 Å². The summed E-state index contributed by atoms with van der Waals surface area (Å²) in [5, 5.41) is 2.92. The first-order chi connectivity index (χ1) is 14.0. The maximum Gasteiger partial charge on any atom is 0.340 e. The van der Waals surface area contributed by atoms with Crippen molar-refractivity contribution in [2.45, 2.75) is 12.5 Å². The standard InChI is InChI=1S/C23H23N3O3/c24-20-12-6-4-10-18(20)22(27)26-17(14-16-8-2-1-3-9-16)15-29-23(28)19-11-5-7-13-21(19)25/h1-13,17H,14-15,24-25H2,(H,26,27)/t17-/m0/s1. The summed E-state index contributed by atoms with van der Waals surface area (Å²) in [7, 11) is 0. The van der Waals surface area contributed by atoms with Gasteiger partial charge in [-0.25, -0.2) is 4.79 Å². The molecule has 0 aliphatic heterocycles. The van der Waals surface area contributed by atoms with Crippen LogP contribution in [0.3, 0.4) is 0 Å². The second-order valence-corrected chi connectivity index (χ2v) is 6.63. The Bertz CT molecular complexity index is 989. The number of ether oxygens (including phenoxy) is 1. The van der Waals surface area contributed by atoms with Gasteiger partial charge < -0.3 is 21.5 Å². The van der Waals surface area contributed by atoms with E-state index < -0.39 is 12.0 Å². The van der Waals surface area contributed by atoms with Crippen LogP contribution in [0, 0.1) is 0 Å². The van der Waals surface area contributed by atoms with Gasteiger partial charge in [0.05, 0.1) is 17.2 Å². The highest BCUT2D eigenvalue weighted by Gasteiger charge is 2.19. The van der Waals surface area contributed by atoms with Crippen molar-refractivity contribution < 1.29 is 14.3 Å². The summed E-state index contributed by atoms with van der Waals surface area (Å²) in [5.74, 6) is -0.853. The highest BCUT2D eigenvalue weighted by atomic mass is 16.5. The fraction of sp³-hybridized carbons (Fsp3) is 0.130. The van der Waals surface area contributed by atoms with Gasteiger partial charge in [-0.2, -0.15) is 0 Å². The number of nitrogen functional groups attached to an aromatic ring is 2. The number of carbonyl (C=O) groups is 2. The fourth-order valence-electron chi connectivity index (χ4n) is 2.95. The minimum Gasteiger partial charge on any atom is -0.460 e. The average molecular weight is 389 g/mol. The molecule has 5 N–H and O–H groups in total. The molecule has 0 aromatic heterocycles. The lowest BCUT2D eigenvalue weighted by molar-refractivity contribution is 0.0457. The molecule has 0 spiro atoms. The van der Waals surface area contributed by atoms with Gasteiger partial charge in [0.15, 0.2) is 0 Å². The second kappa shape index (κ2) is 9.41. The van der Waals surface area contributed by atoms with Crippen LogP contribution < -0.4 is 16.8 Å². The third-order valence-electron chi connectivity index (χ3n) is 4.46. The quantitative estimate of drug-likeness (QED) is 0.425. The Hall–Kier alpha value is -3.80. The first-order valence-electron chi connectivity index (χ1n) is 9.25. The van der Waals surface area contributed by atoms with Gasteiger partial charge in [0.2, 0.25) is 0 Å². The summed E-state index contributed by atoms with van der Waals surface area (Å²) in [6.45, 7) is 0.000536. The number of esters is 1. The summed E-state index contributed by atoms with van der Waals surface area (Å²) >= 11 is 0. The van der Waals surface area contributed by atoms with Crippen molar-refractivity contribution in [1.82, 2.24) is 5.32 Å². The third-order valence-corrected chi connectivity index (χ3v) is 4.46. The predicted octanol–water partition coefficient (Wildman–Crippen LogP) is 3.05. The number of para-hydroxylation sites is 2. The van der Waals surface area contributed by atoms with E-state index in [-0.39, 0.29) is 12.5 Å². The molecule has 1 atom stereocenters. The van der Waals surface area contributed by atoms with Crippen molar-refractivity contribution in [3.05, 3.63) is 95.6 Å². The van der Waals surface area contributed by atoms with E-state index >= 15 is 0 Å². The first-order valence-corrected chi connectivity index (χ1v) is 9.25. The fourth-order valence-corrected chi connectivity index (χ4v) is 2.95. The Morgan fingerprint density at radius 3 is 1.97 bits per heavy atom. The topological polar surface area (TPSA) is 107 Å². The number of amides is 1. The van der Waals surface area contributed by atoms with E-state index in [1.165, 1.54) is 0 Å². The monoisotopic (exact) mass is 389 g/mol. The summed E-state index contributed by atoms with van der Waals surface area (Å²) < 4.78 is 5.45. The number of carbonyl (C=O) groups excluding carboxylic acids is 2. The van der Waals surface area contributed by atoms with Gasteiger partial charge in [-0.05, 0) is 36.2 Å². The molecule has 0 aliphatic rings. The molecule has 0 radical (unpaired) electrons. The predicted molar refractivity (Wildman–Crippen MR) is 113 cm³/mol. The van der Waals surface area contributed by atoms with Gasteiger partial charge in [0.1, 0.15) is 6.61 Å². The number of anilines is 2. The molecule has 148 valence electrons. The van der Waals surface area contributed by atoms with Crippen molar-refractivity contribution in [1.29, 1.82) is 0 Å². The van der Waals surface area contributed by atoms with Crippen LogP contribution in [0.15, 0.2) is 78.9 Å². The molecule has 0 saturated carbocycles. The van der Waals surface area contributed by atoms with Crippen LogP contribution in [0.4, 0.5) is 11.4 Å². The molecule has 0 aliphatic carbocycles. The minimum atomic E-state index is -0.533. The molecule has 1 amide bonds. The number of nitrogens with one attached hydrogen (secondary N) is 1. The van der Waals surface area contributed by atoms with E-state index in [0.29, 0.717) is 28.9 Å². The van der Waals surface area contributed by atoms with Gasteiger partial charge >= 0.3 is 5.97 Å². The first kappa shape index (κ1) is 19.9. The number of hydrogen-bond donors (Lipinski definition) is 3. The Balaban J connectivity index is 1.72. The van der Waals surface area contributed by atoms with E-state index in [9.17, 15) is 9.59 Å². The Morgan fingerprint density at radius 2 is 1.34 bits per heavy atom. The molecule has 6 nitrogen and oxygen atoms in total. The number of benzene rings is 3. The van der Waals surface area contributed by atoms with Gasteiger partial charge in [0, 0.05) is 11.4 Å². The van der Waals surface area contributed by atoms with Crippen molar-refractivity contribution in [2.24, 2.45) is 0 Å². The second-order valence-electron chi connectivity index (χ2n) is 6.63. The van der Waals surface area contributed by atoms with Crippen molar-refractivity contribution >= 4 is 23.3 Å². The average Bonchev–Trinajstić information content (AvgIpc) is 2.73. The lowest BCUT2D eigenvalue weighted by Crippen LogP contribution is -2.40. The van der Waals surface area contributed by atoms with E-state index in [1.807, 2.05) is 30.3 Å². The minimum absolute atomic E-state index is 0.000536. The maximum absolute atomic E-state index is 12.7. The van der Waals surface area contributed by atoms with Crippen LogP contribution in [0.1, 0.15) is 26.3 Å². The molecule has 0 fully saturated rings. The molecule has 3 aromatic carbocycles. The smallest absolute Gasteiger partial charge is 0.340 e. The molecule has 3 aromatic rings. The van der Waals surface area contributed by atoms with Crippen molar-refractivity contribution in [3.8, 4) is 0 Å². The number of nitrogens with two attached hydrogens (primary N) is 2. The normalized spacial score (nSPS) is 11.4. The zero-order chi connectivity index (χ0) is 20.6. The van der Waals surface area contributed by atoms with Crippen LogP contribution in [-0.4, -0.2) is 24.5 Å². The third kappa shape index (κ3) is 5.35. The highest BCUT2D eigenvalue weighted by Crippen LogP contribution is 2.14. The van der Waals surface area contributed by atoms with Crippen LogP contribution in [0.2, 0.25) is 0 Å². The molecule has 3 rings (SSSR count). The van der Waals surface area contributed by atoms with Crippen LogP contribution in [0.25, 0.3) is 0 Å². The lowest BCUT2D eigenvalue weighted by atomic mass is 10.1. The van der Waals surface area contributed by atoms with Crippen molar-refractivity contribution in [2.75, 3.05) is 18.1 Å². The molecule has 29 heavy (non-hydrogen) atoms. The zero-order valence-corrected chi connectivity index (χ0v) is 15.9. The van der Waals surface area contributed by atoms with E-state index in [4.69, 9.17) is 16.2 Å². The summed E-state index contributed by atoms with van der Waals surface area (Å²) in [5.41, 5.74) is 14.2. The van der Waals surface area contributed by atoms with E-state index in [0.717, 1.165) is 5.56 Å². The summed E-state index contributed by atoms with van der Waals surface area (Å²) in [4.78, 5) is 25.1. The molecule has 0 heterocycles.